The van der Waals surface area contributed by atoms with Gasteiger partial charge in [0.15, 0.2) is 0 Å². The van der Waals surface area contributed by atoms with Crippen molar-refractivity contribution in [1.29, 1.82) is 0 Å². The number of carbonyl (C=O) groups is 1. The van der Waals surface area contributed by atoms with Crippen LogP contribution in [-0.4, -0.2) is 67.7 Å². The van der Waals surface area contributed by atoms with E-state index < -0.39 is 10.0 Å². The van der Waals surface area contributed by atoms with Crippen LogP contribution in [0.25, 0.3) is 0 Å². The third-order valence-corrected chi connectivity index (χ3v) is 7.78. The van der Waals surface area contributed by atoms with Gasteiger partial charge in [-0.15, -0.1) is 0 Å². The van der Waals surface area contributed by atoms with Gasteiger partial charge in [-0.2, -0.15) is 0 Å². The molecule has 0 N–H and O–H groups in total. The summed E-state index contributed by atoms with van der Waals surface area (Å²) in [6, 6.07) is 0. The van der Waals surface area contributed by atoms with Gasteiger partial charge in [-0.3, -0.25) is 4.79 Å². The van der Waals surface area contributed by atoms with E-state index >= 15 is 0 Å². The third-order valence-electron chi connectivity index (χ3n) is 5.38. The maximum atomic E-state index is 12.4. The van der Waals surface area contributed by atoms with Crippen molar-refractivity contribution in [3.63, 3.8) is 0 Å². The van der Waals surface area contributed by atoms with Gasteiger partial charge in [-0.05, 0) is 38.5 Å². The second kappa shape index (κ2) is 6.09. The lowest BCUT2D eigenvalue weighted by Crippen LogP contribution is -2.48. The van der Waals surface area contributed by atoms with E-state index in [2.05, 4.69) is 0 Å². The van der Waals surface area contributed by atoms with Crippen LogP contribution in [0.5, 0.6) is 0 Å². The van der Waals surface area contributed by atoms with Crippen molar-refractivity contribution < 1.29 is 17.9 Å². The van der Waals surface area contributed by atoms with Crippen molar-refractivity contribution in [2.45, 2.75) is 55.7 Å². The molecule has 2 heterocycles. The van der Waals surface area contributed by atoms with Crippen LogP contribution in [0.15, 0.2) is 0 Å². The molecule has 126 valence electrons. The molecular weight excluding hydrogens is 304 g/mol. The fraction of sp³-hybridized carbons (Fsp3) is 0.933. The van der Waals surface area contributed by atoms with Crippen LogP contribution in [0.1, 0.15) is 44.9 Å². The van der Waals surface area contributed by atoms with Gasteiger partial charge in [-0.1, -0.05) is 0 Å². The molecular formula is C15H26N2O4S. The number of sulfonamides is 1. The van der Waals surface area contributed by atoms with Crippen LogP contribution in [-0.2, 0) is 19.6 Å². The molecule has 0 aromatic carbocycles. The number of hydrogen-bond acceptors (Lipinski definition) is 4. The molecule has 2 saturated heterocycles. The van der Waals surface area contributed by atoms with Crippen molar-refractivity contribution in [1.82, 2.24) is 9.21 Å². The first-order valence-corrected chi connectivity index (χ1v) is 9.78. The standard InChI is InChI=1S/C15H26N2O4S/c1-21-12-11-17-14(18)5-7-15(17)6-2-9-16(10-8-15)22(19,20)13-3-4-13/h13H,2-12H2,1H3/t15-/m0/s1. The lowest BCUT2D eigenvalue weighted by molar-refractivity contribution is -0.132. The van der Waals surface area contributed by atoms with Crippen molar-refractivity contribution in [2.75, 3.05) is 33.4 Å². The normalized spacial score (nSPS) is 31.0. The molecule has 2 aliphatic heterocycles. The topological polar surface area (TPSA) is 66.9 Å². The van der Waals surface area contributed by atoms with Crippen LogP contribution in [0.2, 0.25) is 0 Å². The van der Waals surface area contributed by atoms with E-state index in [0.717, 1.165) is 38.5 Å². The number of carbonyl (C=O) groups excluding carboxylic acids is 1. The lowest BCUT2D eigenvalue weighted by atomic mass is 9.88. The molecule has 6 nitrogen and oxygen atoms in total. The Morgan fingerprint density at radius 2 is 2.00 bits per heavy atom. The number of likely N-dealkylation sites (tertiary alicyclic amines) is 1. The molecule has 0 radical (unpaired) electrons. The number of nitrogens with zero attached hydrogens (tertiary/aromatic N) is 2. The Labute approximate surface area is 132 Å². The van der Waals surface area contributed by atoms with Crippen LogP contribution in [0.4, 0.5) is 0 Å². The van der Waals surface area contributed by atoms with Gasteiger partial charge < -0.3 is 9.64 Å². The van der Waals surface area contributed by atoms with E-state index in [0.29, 0.717) is 32.7 Å². The van der Waals surface area contributed by atoms with Crippen molar-refractivity contribution in [3.8, 4) is 0 Å². The molecule has 1 aliphatic carbocycles. The van der Waals surface area contributed by atoms with Crippen molar-refractivity contribution in [2.24, 2.45) is 0 Å². The average Bonchev–Trinajstić information content (AvgIpc) is 3.29. The molecule has 1 amide bonds. The minimum Gasteiger partial charge on any atom is -0.383 e. The number of amides is 1. The third kappa shape index (κ3) is 2.90. The Morgan fingerprint density at radius 3 is 2.68 bits per heavy atom. The van der Waals surface area contributed by atoms with E-state index in [1.54, 1.807) is 11.4 Å². The molecule has 0 bridgehead atoms. The monoisotopic (exact) mass is 330 g/mol. The zero-order valence-corrected chi connectivity index (χ0v) is 14.1. The Morgan fingerprint density at radius 1 is 1.23 bits per heavy atom. The molecule has 22 heavy (non-hydrogen) atoms. The van der Waals surface area contributed by atoms with E-state index in [4.69, 9.17) is 4.74 Å². The molecule has 3 fully saturated rings. The van der Waals surface area contributed by atoms with Gasteiger partial charge in [0, 0.05) is 38.7 Å². The van der Waals surface area contributed by atoms with Crippen LogP contribution >= 0.6 is 0 Å². The molecule has 1 spiro atoms. The van der Waals surface area contributed by atoms with Crippen LogP contribution in [0.3, 0.4) is 0 Å². The van der Waals surface area contributed by atoms with Crippen LogP contribution < -0.4 is 0 Å². The summed E-state index contributed by atoms with van der Waals surface area (Å²) in [5, 5.41) is -0.142. The molecule has 3 rings (SSSR count). The first-order valence-electron chi connectivity index (χ1n) is 8.28. The van der Waals surface area contributed by atoms with E-state index in [9.17, 15) is 13.2 Å². The Hall–Kier alpha value is -0.660. The minimum atomic E-state index is -3.10. The van der Waals surface area contributed by atoms with E-state index in [1.807, 2.05) is 4.90 Å². The first kappa shape index (κ1) is 16.2. The average molecular weight is 330 g/mol. The molecule has 1 saturated carbocycles. The second-order valence-electron chi connectivity index (χ2n) is 6.76. The molecule has 0 aromatic rings. The fourth-order valence-corrected chi connectivity index (χ4v) is 5.81. The SMILES string of the molecule is COCCN1C(=O)CC[C@]12CCCN(S(=O)(=O)C1CC1)CC2. The number of ether oxygens (including phenoxy) is 1. The first-order chi connectivity index (χ1) is 10.5. The van der Waals surface area contributed by atoms with Crippen LogP contribution in [0, 0.1) is 0 Å². The summed E-state index contributed by atoms with van der Waals surface area (Å²) < 4.78 is 31.7. The maximum Gasteiger partial charge on any atom is 0.223 e. The van der Waals surface area contributed by atoms with Gasteiger partial charge in [0.2, 0.25) is 15.9 Å². The highest BCUT2D eigenvalue weighted by atomic mass is 32.2. The summed E-state index contributed by atoms with van der Waals surface area (Å²) in [7, 11) is -1.46. The highest BCUT2D eigenvalue weighted by Gasteiger charge is 2.48. The zero-order valence-electron chi connectivity index (χ0n) is 13.3. The smallest absolute Gasteiger partial charge is 0.223 e. The maximum absolute atomic E-state index is 12.4. The molecule has 3 aliphatic rings. The summed E-state index contributed by atoms with van der Waals surface area (Å²) in [6.07, 6.45) is 5.55. The van der Waals surface area contributed by atoms with Gasteiger partial charge in [0.25, 0.3) is 0 Å². The Balaban J connectivity index is 1.72. The summed E-state index contributed by atoms with van der Waals surface area (Å²) in [5.74, 6) is 0.190. The molecule has 0 unspecified atom stereocenters. The Kier molecular flexibility index (Phi) is 4.49. The number of rotatable bonds is 5. The second-order valence-corrected chi connectivity index (χ2v) is 8.97. The van der Waals surface area contributed by atoms with Gasteiger partial charge in [0.1, 0.15) is 0 Å². The highest BCUT2D eigenvalue weighted by molar-refractivity contribution is 7.90. The summed E-state index contributed by atoms with van der Waals surface area (Å²) >= 11 is 0. The predicted octanol–water partition coefficient (Wildman–Crippen LogP) is 0.972. The summed E-state index contributed by atoms with van der Waals surface area (Å²) in [6.45, 7) is 2.31. The summed E-state index contributed by atoms with van der Waals surface area (Å²) in [5.41, 5.74) is -0.149. The van der Waals surface area contributed by atoms with Gasteiger partial charge >= 0.3 is 0 Å². The fourth-order valence-electron chi connectivity index (χ4n) is 3.92. The molecule has 0 aromatic heterocycles. The van der Waals surface area contributed by atoms with E-state index in [-0.39, 0.29) is 16.7 Å². The van der Waals surface area contributed by atoms with Crippen molar-refractivity contribution in [3.05, 3.63) is 0 Å². The number of methoxy groups -OCH3 is 1. The zero-order chi connectivity index (χ0) is 15.8. The molecule has 1 atom stereocenters. The van der Waals surface area contributed by atoms with E-state index in [1.165, 1.54) is 0 Å². The van der Waals surface area contributed by atoms with Gasteiger partial charge in [0.05, 0.1) is 11.9 Å². The number of hydrogen-bond donors (Lipinski definition) is 0. The van der Waals surface area contributed by atoms with Crippen molar-refractivity contribution >= 4 is 15.9 Å². The quantitative estimate of drug-likeness (QED) is 0.753. The van der Waals surface area contributed by atoms with Gasteiger partial charge in [-0.25, -0.2) is 12.7 Å². The lowest BCUT2D eigenvalue weighted by Gasteiger charge is -2.38. The molecule has 7 heteroatoms. The minimum absolute atomic E-state index is 0.142. The highest BCUT2D eigenvalue weighted by Crippen LogP contribution is 2.40. The largest absolute Gasteiger partial charge is 0.383 e. The predicted molar refractivity (Wildman–Crippen MR) is 82.9 cm³/mol. The Bertz CT molecular complexity index is 532. The summed E-state index contributed by atoms with van der Waals surface area (Å²) in [4.78, 5) is 14.2.